The lowest BCUT2D eigenvalue weighted by Crippen LogP contribution is -2.37. The van der Waals surface area contributed by atoms with Gasteiger partial charge in [-0.05, 0) is 61.4 Å². The van der Waals surface area contributed by atoms with Crippen molar-refractivity contribution in [3.8, 4) is 22.5 Å². The smallest absolute Gasteiger partial charge is 0.328 e. The van der Waals surface area contributed by atoms with E-state index < -0.39 is 6.04 Å². The number of nitrogens with zero attached hydrogens (tertiary/aromatic N) is 5. The topological polar surface area (TPSA) is 81.1 Å². The average Bonchev–Trinajstić information content (AvgIpc) is 3.33. The molecular weight excluding hydrogens is 428 g/mol. The fraction of sp³-hybridized carbons (Fsp3) is 0.208. The molecule has 1 atom stereocenters. The van der Waals surface area contributed by atoms with Crippen molar-refractivity contribution < 1.29 is 18.3 Å². The van der Waals surface area contributed by atoms with Gasteiger partial charge in [-0.15, -0.1) is 0 Å². The number of hydrogen-bond acceptors (Lipinski definition) is 7. The summed E-state index contributed by atoms with van der Waals surface area (Å²) in [4.78, 5) is 32.4. The molecule has 1 aliphatic rings. The van der Waals surface area contributed by atoms with Gasteiger partial charge in [0.15, 0.2) is 17.0 Å². The monoisotopic (exact) mass is 447 g/mol. The largest absolute Gasteiger partial charge is 0.467 e. The fourth-order valence-corrected chi connectivity index (χ4v) is 4.10. The molecule has 0 saturated carbocycles. The van der Waals surface area contributed by atoms with Crippen molar-refractivity contribution in [2.75, 3.05) is 18.6 Å². The Hall–Kier alpha value is -4.01. The number of halogens is 2. The maximum absolute atomic E-state index is 13.6. The Bertz CT molecular complexity index is 1330. The van der Waals surface area contributed by atoms with E-state index in [1.807, 2.05) is 4.90 Å². The number of aromatic nitrogens is 4. The summed E-state index contributed by atoms with van der Waals surface area (Å²) in [7, 11) is 1.36. The second-order valence-electron chi connectivity index (χ2n) is 7.68. The number of anilines is 1. The van der Waals surface area contributed by atoms with Gasteiger partial charge in [-0.3, -0.25) is 0 Å². The quantitative estimate of drug-likeness (QED) is 0.434. The first-order valence-corrected chi connectivity index (χ1v) is 10.4. The zero-order chi connectivity index (χ0) is 22.9. The van der Waals surface area contributed by atoms with Gasteiger partial charge in [0.2, 0.25) is 0 Å². The van der Waals surface area contributed by atoms with Crippen molar-refractivity contribution in [1.29, 1.82) is 0 Å². The number of fused-ring (bicyclic) bond motifs is 1. The van der Waals surface area contributed by atoms with Gasteiger partial charge in [-0.2, -0.15) is 0 Å². The zero-order valence-corrected chi connectivity index (χ0v) is 17.7. The maximum atomic E-state index is 13.6. The van der Waals surface area contributed by atoms with Crippen LogP contribution >= 0.6 is 0 Å². The van der Waals surface area contributed by atoms with Crippen LogP contribution < -0.4 is 4.90 Å². The summed E-state index contributed by atoms with van der Waals surface area (Å²) in [5.41, 5.74) is 2.97. The van der Waals surface area contributed by atoms with Gasteiger partial charge in [0.1, 0.15) is 24.0 Å². The summed E-state index contributed by atoms with van der Waals surface area (Å²) in [5, 5.41) is 0. The Morgan fingerprint density at radius 1 is 0.939 bits per heavy atom. The number of carbonyl (C=O) groups is 1. The van der Waals surface area contributed by atoms with E-state index in [1.54, 1.807) is 24.3 Å². The van der Waals surface area contributed by atoms with Gasteiger partial charge in [0.25, 0.3) is 0 Å². The molecule has 0 bridgehead atoms. The number of rotatable bonds is 4. The Morgan fingerprint density at radius 3 is 2.15 bits per heavy atom. The van der Waals surface area contributed by atoms with Crippen LogP contribution in [0.4, 0.5) is 14.6 Å². The molecular formula is C24H19F2N5O2. The minimum absolute atomic E-state index is 0.334. The van der Waals surface area contributed by atoms with Gasteiger partial charge in [-0.1, -0.05) is 0 Å². The summed E-state index contributed by atoms with van der Waals surface area (Å²) < 4.78 is 32.1. The van der Waals surface area contributed by atoms with Crippen LogP contribution in [0, 0.1) is 11.6 Å². The number of benzene rings is 2. The Kier molecular flexibility index (Phi) is 5.37. The van der Waals surface area contributed by atoms with E-state index in [2.05, 4.69) is 9.97 Å². The number of ether oxygens (including phenoxy) is 1. The van der Waals surface area contributed by atoms with Crippen LogP contribution in [-0.2, 0) is 9.53 Å². The van der Waals surface area contributed by atoms with Gasteiger partial charge in [0, 0.05) is 17.7 Å². The number of methoxy groups -OCH3 is 1. The Balaban J connectivity index is 1.73. The molecule has 2 aromatic heterocycles. The highest BCUT2D eigenvalue weighted by atomic mass is 19.1. The molecule has 1 aliphatic heterocycles. The molecule has 33 heavy (non-hydrogen) atoms. The van der Waals surface area contributed by atoms with Crippen LogP contribution in [0.25, 0.3) is 33.7 Å². The standard InChI is InChI=1S/C24H19F2N5O2/c1-33-24(32)18-3-2-12-31(18)23-21-22(27-13-28-23)30-20(15-6-10-17(26)11-7-15)19(29-21)14-4-8-16(25)9-5-14/h4-11,13,18H,2-3,12H2,1H3. The predicted octanol–water partition coefficient (Wildman–Crippen LogP) is 4.17. The molecule has 3 heterocycles. The van der Waals surface area contributed by atoms with E-state index in [0.717, 1.165) is 6.42 Å². The molecule has 1 unspecified atom stereocenters. The van der Waals surface area contributed by atoms with Crippen LogP contribution in [0.5, 0.6) is 0 Å². The molecule has 4 aromatic rings. The third-order valence-corrected chi connectivity index (χ3v) is 5.68. The van der Waals surface area contributed by atoms with Crippen LogP contribution in [0.3, 0.4) is 0 Å². The minimum Gasteiger partial charge on any atom is -0.467 e. The van der Waals surface area contributed by atoms with Crippen molar-refractivity contribution in [2.24, 2.45) is 0 Å². The lowest BCUT2D eigenvalue weighted by Gasteiger charge is -2.24. The fourth-order valence-electron chi connectivity index (χ4n) is 4.10. The number of esters is 1. The molecule has 0 spiro atoms. The van der Waals surface area contributed by atoms with Gasteiger partial charge in [-0.25, -0.2) is 33.5 Å². The number of carbonyl (C=O) groups excluding carboxylic acids is 1. The van der Waals surface area contributed by atoms with Gasteiger partial charge in [0.05, 0.1) is 18.5 Å². The van der Waals surface area contributed by atoms with Crippen molar-refractivity contribution in [1.82, 2.24) is 19.9 Å². The molecule has 0 aliphatic carbocycles. The third kappa shape index (κ3) is 3.86. The highest BCUT2D eigenvalue weighted by Gasteiger charge is 2.34. The normalized spacial score (nSPS) is 15.7. The van der Waals surface area contributed by atoms with Crippen molar-refractivity contribution in [3.05, 3.63) is 66.5 Å². The second kappa shape index (κ2) is 8.50. The van der Waals surface area contributed by atoms with E-state index in [9.17, 15) is 13.6 Å². The van der Waals surface area contributed by atoms with Crippen LogP contribution in [0.2, 0.25) is 0 Å². The summed E-state index contributed by atoms with van der Waals surface area (Å²) in [6.45, 7) is 0.610. The van der Waals surface area contributed by atoms with Crippen molar-refractivity contribution >= 4 is 23.0 Å². The van der Waals surface area contributed by atoms with E-state index in [0.29, 0.717) is 52.5 Å². The first kappa shape index (κ1) is 20.9. The van der Waals surface area contributed by atoms with E-state index in [-0.39, 0.29) is 17.6 Å². The summed E-state index contributed by atoms with van der Waals surface area (Å²) in [5.74, 6) is -0.607. The molecule has 0 amide bonds. The molecule has 0 N–H and O–H groups in total. The van der Waals surface area contributed by atoms with E-state index >= 15 is 0 Å². The Labute approximate surface area is 188 Å². The van der Waals surface area contributed by atoms with E-state index in [4.69, 9.17) is 14.7 Å². The predicted molar refractivity (Wildman–Crippen MR) is 118 cm³/mol. The van der Waals surface area contributed by atoms with Gasteiger partial charge < -0.3 is 9.64 Å². The first-order valence-electron chi connectivity index (χ1n) is 10.4. The molecule has 2 aromatic carbocycles. The average molecular weight is 447 g/mol. The Morgan fingerprint density at radius 2 is 1.55 bits per heavy atom. The molecule has 166 valence electrons. The maximum Gasteiger partial charge on any atom is 0.328 e. The molecule has 1 saturated heterocycles. The number of hydrogen-bond donors (Lipinski definition) is 0. The molecule has 9 heteroatoms. The van der Waals surface area contributed by atoms with Gasteiger partial charge >= 0.3 is 5.97 Å². The van der Waals surface area contributed by atoms with Crippen molar-refractivity contribution in [3.63, 3.8) is 0 Å². The lowest BCUT2D eigenvalue weighted by atomic mass is 10.0. The highest BCUT2D eigenvalue weighted by Crippen LogP contribution is 2.34. The summed E-state index contributed by atoms with van der Waals surface area (Å²) in [6, 6.07) is 11.3. The third-order valence-electron chi connectivity index (χ3n) is 5.68. The van der Waals surface area contributed by atoms with Crippen LogP contribution in [0.15, 0.2) is 54.9 Å². The van der Waals surface area contributed by atoms with Crippen molar-refractivity contribution in [2.45, 2.75) is 18.9 Å². The van der Waals surface area contributed by atoms with E-state index in [1.165, 1.54) is 37.7 Å². The van der Waals surface area contributed by atoms with Crippen LogP contribution in [-0.4, -0.2) is 45.6 Å². The lowest BCUT2D eigenvalue weighted by molar-refractivity contribution is -0.141. The first-order chi connectivity index (χ1) is 16.0. The SMILES string of the molecule is COC(=O)C1CCCN1c1ncnc2nc(-c3ccc(F)cc3)c(-c3ccc(F)cc3)nc12. The molecule has 0 radical (unpaired) electrons. The minimum atomic E-state index is -0.471. The molecule has 5 rings (SSSR count). The highest BCUT2D eigenvalue weighted by molar-refractivity contribution is 5.91. The van der Waals surface area contributed by atoms with Crippen LogP contribution in [0.1, 0.15) is 12.8 Å². The zero-order valence-electron chi connectivity index (χ0n) is 17.7. The second-order valence-corrected chi connectivity index (χ2v) is 7.68. The molecule has 1 fully saturated rings. The summed E-state index contributed by atoms with van der Waals surface area (Å²) >= 11 is 0. The molecule has 7 nitrogen and oxygen atoms in total. The summed E-state index contributed by atoms with van der Waals surface area (Å²) in [6.07, 6.45) is 2.83.